The molecule has 0 saturated heterocycles. The Hall–Kier alpha value is -1.62. The van der Waals surface area contributed by atoms with Gasteiger partial charge in [0.2, 0.25) is 0 Å². The number of para-hydroxylation sites is 1. The average Bonchev–Trinajstić information content (AvgIpc) is 2.19. The normalized spacial score (nSPS) is 8.38. The Balaban J connectivity index is 2.29. The Labute approximate surface area is 78.9 Å². The van der Waals surface area contributed by atoms with E-state index in [-0.39, 0.29) is 0 Å². The molecular weight excluding hydrogens is 162 g/mol. The lowest BCUT2D eigenvalue weighted by Crippen LogP contribution is -2.06. The Morgan fingerprint density at radius 3 is 2.77 bits per heavy atom. The van der Waals surface area contributed by atoms with E-state index in [4.69, 9.17) is 4.74 Å². The van der Waals surface area contributed by atoms with Gasteiger partial charge in [-0.25, -0.2) is 0 Å². The summed E-state index contributed by atoms with van der Waals surface area (Å²) in [5.74, 6) is 0.772. The van der Waals surface area contributed by atoms with Gasteiger partial charge < -0.3 is 10.1 Å². The third kappa shape index (κ3) is 4.07. The summed E-state index contributed by atoms with van der Waals surface area (Å²) in [4.78, 5) is 0. The lowest BCUT2D eigenvalue weighted by molar-refractivity contribution is 0.518. The molecule has 0 atom stereocenters. The molecule has 0 saturated carbocycles. The summed E-state index contributed by atoms with van der Waals surface area (Å²) in [6.45, 7) is 2.98. The molecule has 0 aromatic heterocycles. The predicted molar refractivity (Wildman–Crippen MR) is 53.1 cm³/mol. The van der Waals surface area contributed by atoms with E-state index in [1.54, 1.807) is 0 Å². The van der Waals surface area contributed by atoms with E-state index in [2.05, 4.69) is 24.4 Å². The van der Waals surface area contributed by atoms with Gasteiger partial charge in [-0.05, 0) is 18.6 Å². The molecule has 0 aliphatic carbocycles. The zero-order valence-electron chi connectivity index (χ0n) is 7.71. The van der Waals surface area contributed by atoms with Crippen LogP contribution in [0.25, 0.3) is 0 Å². The Morgan fingerprint density at radius 1 is 1.31 bits per heavy atom. The van der Waals surface area contributed by atoms with Crippen LogP contribution in [0.2, 0.25) is 0 Å². The van der Waals surface area contributed by atoms with Crippen molar-refractivity contribution in [1.29, 1.82) is 0 Å². The third-order valence-corrected chi connectivity index (χ3v) is 1.43. The molecule has 0 aliphatic rings. The lowest BCUT2D eigenvalue weighted by Gasteiger charge is -1.94. The van der Waals surface area contributed by atoms with E-state index in [0.717, 1.165) is 18.7 Å². The molecular formula is C11H13NO. The molecule has 0 spiro atoms. The first-order valence-electron chi connectivity index (χ1n) is 4.38. The van der Waals surface area contributed by atoms with Gasteiger partial charge in [-0.1, -0.05) is 25.1 Å². The largest absolute Gasteiger partial charge is 0.406 e. The summed E-state index contributed by atoms with van der Waals surface area (Å²) in [5.41, 5.74) is 0. The van der Waals surface area contributed by atoms with Crippen LogP contribution in [-0.4, -0.2) is 6.54 Å². The summed E-state index contributed by atoms with van der Waals surface area (Å²) in [7, 11) is 0. The summed E-state index contributed by atoms with van der Waals surface area (Å²) in [6.07, 6.45) is 3.64. The predicted octanol–water partition coefficient (Wildman–Crippen LogP) is 1.98. The molecule has 0 heterocycles. The van der Waals surface area contributed by atoms with Crippen molar-refractivity contribution in [3.05, 3.63) is 30.3 Å². The second-order valence-electron chi connectivity index (χ2n) is 2.57. The van der Waals surface area contributed by atoms with Crippen molar-refractivity contribution in [2.45, 2.75) is 13.3 Å². The van der Waals surface area contributed by atoms with Crippen molar-refractivity contribution in [2.24, 2.45) is 0 Å². The first-order chi connectivity index (χ1) is 6.43. The number of hydrogen-bond donors (Lipinski definition) is 1. The van der Waals surface area contributed by atoms with Gasteiger partial charge in [0, 0.05) is 12.6 Å². The van der Waals surface area contributed by atoms with Crippen LogP contribution in [0.5, 0.6) is 5.75 Å². The van der Waals surface area contributed by atoms with Crippen molar-refractivity contribution in [3.63, 3.8) is 0 Å². The highest BCUT2D eigenvalue weighted by Crippen LogP contribution is 2.06. The maximum Gasteiger partial charge on any atom is 0.140 e. The standard InChI is InChI=1S/C11H13NO/c1-2-8-12-9-10-13-11-6-4-3-5-7-11/h3-7,12H,2,8H2,1H3. The molecule has 0 fully saturated rings. The molecule has 0 aliphatic heterocycles. The Bertz CT molecular complexity index is 284. The lowest BCUT2D eigenvalue weighted by atomic mass is 10.3. The number of hydrogen-bond acceptors (Lipinski definition) is 2. The van der Waals surface area contributed by atoms with Crippen LogP contribution in [0.1, 0.15) is 13.3 Å². The maximum atomic E-state index is 5.13. The topological polar surface area (TPSA) is 21.3 Å². The molecule has 1 aromatic carbocycles. The summed E-state index contributed by atoms with van der Waals surface area (Å²) < 4.78 is 5.13. The molecule has 0 bridgehead atoms. The SMILES string of the molecule is CCCNC#COc1ccccc1. The van der Waals surface area contributed by atoms with Crippen LogP contribution in [0, 0.1) is 12.2 Å². The van der Waals surface area contributed by atoms with Gasteiger partial charge in [0.15, 0.2) is 0 Å². The average molecular weight is 175 g/mol. The van der Waals surface area contributed by atoms with Crippen LogP contribution in [0.3, 0.4) is 0 Å². The van der Waals surface area contributed by atoms with Gasteiger partial charge in [0.05, 0.1) is 0 Å². The molecule has 0 unspecified atom stereocenters. The van der Waals surface area contributed by atoms with Gasteiger partial charge in [-0.2, -0.15) is 0 Å². The molecule has 2 heteroatoms. The molecule has 1 N–H and O–H groups in total. The van der Waals surface area contributed by atoms with Gasteiger partial charge in [-0.15, -0.1) is 0 Å². The van der Waals surface area contributed by atoms with E-state index >= 15 is 0 Å². The summed E-state index contributed by atoms with van der Waals surface area (Å²) in [5, 5.41) is 2.92. The smallest absolute Gasteiger partial charge is 0.140 e. The van der Waals surface area contributed by atoms with Crippen molar-refractivity contribution in [2.75, 3.05) is 6.54 Å². The van der Waals surface area contributed by atoms with Gasteiger partial charge in [0.1, 0.15) is 11.9 Å². The van der Waals surface area contributed by atoms with E-state index < -0.39 is 0 Å². The second-order valence-corrected chi connectivity index (χ2v) is 2.57. The molecule has 1 aromatic rings. The highest BCUT2D eigenvalue weighted by Gasteiger charge is 1.84. The first kappa shape index (κ1) is 9.47. The minimum atomic E-state index is 0.772. The fraction of sp³-hybridized carbons (Fsp3) is 0.273. The van der Waals surface area contributed by atoms with Crippen molar-refractivity contribution in [3.8, 4) is 17.9 Å². The Kier molecular flexibility index (Phi) is 4.34. The maximum absolute atomic E-state index is 5.13. The molecule has 13 heavy (non-hydrogen) atoms. The highest BCUT2D eigenvalue weighted by atomic mass is 16.5. The molecule has 68 valence electrons. The van der Waals surface area contributed by atoms with Crippen LogP contribution >= 0.6 is 0 Å². The summed E-state index contributed by atoms with van der Waals surface area (Å²) >= 11 is 0. The minimum absolute atomic E-state index is 0.772. The van der Waals surface area contributed by atoms with E-state index in [1.165, 1.54) is 0 Å². The minimum Gasteiger partial charge on any atom is -0.406 e. The van der Waals surface area contributed by atoms with Gasteiger partial charge in [0.25, 0.3) is 0 Å². The fourth-order valence-corrected chi connectivity index (χ4v) is 0.797. The molecule has 0 amide bonds. The first-order valence-corrected chi connectivity index (χ1v) is 4.38. The quantitative estimate of drug-likeness (QED) is 0.431. The number of benzene rings is 1. The van der Waals surface area contributed by atoms with Crippen LogP contribution < -0.4 is 10.1 Å². The highest BCUT2D eigenvalue weighted by molar-refractivity contribution is 5.22. The van der Waals surface area contributed by atoms with Crippen LogP contribution in [0.15, 0.2) is 30.3 Å². The van der Waals surface area contributed by atoms with Crippen molar-refractivity contribution in [1.82, 2.24) is 5.32 Å². The van der Waals surface area contributed by atoms with E-state index in [0.29, 0.717) is 0 Å². The van der Waals surface area contributed by atoms with E-state index in [9.17, 15) is 0 Å². The third-order valence-electron chi connectivity index (χ3n) is 1.43. The van der Waals surface area contributed by atoms with Crippen molar-refractivity contribution < 1.29 is 4.74 Å². The number of rotatable bonds is 3. The van der Waals surface area contributed by atoms with Crippen LogP contribution in [0.4, 0.5) is 0 Å². The fourth-order valence-electron chi connectivity index (χ4n) is 0.797. The van der Waals surface area contributed by atoms with Crippen LogP contribution in [-0.2, 0) is 0 Å². The number of nitrogens with one attached hydrogen (secondary N) is 1. The van der Waals surface area contributed by atoms with Gasteiger partial charge >= 0.3 is 0 Å². The zero-order valence-corrected chi connectivity index (χ0v) is 7.71. The monoisotopic (exact) mass is 175 g/mol. The van der Waals surface area contributed by atoms with Gasteiger partial charge in [-0.3, -0.25) is 0 Å². The Morgan fingerprint density at radius 2 is 2.08 bits per heavy atom. The molecule has 1 rings (SSSR count). The van der Waals surface area contributed by atoms with E-state index in [1.807, 2.05) is 30.3 Å². The number of ether oxygens (including phenoxy) is 1. The summed E-state index contributed by atoms with van der Waals surface area (Å²) in [6, 6.07) is 12.2. The second kappa shape index (κ2) is 5.96. The van der Waals surface area contributed by atoms with Crippen molar-refractivity contribution >= 4 is 0 Å². The molecule has 2 nitrogen and oxygen atoms in total. The zero-order chi connectivity index (χ0) is 9.36. The molecule has 0 radical (unpaired) electrons.